The Balaban J connectivity index is 1.49. The Morgan fingerprint density at radius 3 is 1.73 bits per heavy atom. The molecule has 23 nitrogen and oxygen atoms in total. The van der Waals surface area contributed by atoms with Gasteiger partial charge in [0, 0.05) is 78.7 Å². The molecule has 0 bridgehead atoms. The van der Waals surface area contributed by atoms with E-state index in [4.69, 9.17) is 4.74 Å². The van der Waals surface area contributed by atoms with Gasteiger partial charge in [-0.25, -0.2) is 42.1 Å². The first-order chi connectivity index (χ1) is 35.5. The number of unbranched alkanes of at least 4 members (excludes halogenated alkanes) is 2. The Morgan fingerprint density at radius 1 is 0.636 bits per heavy atom. The summed E-state index contributed by atoms with van der Waals surface area (Å²) in [6, 6.07) is 8.27. The second-order valence-electron chi connectivity index (χ2n) is 18.8. The molecule has 6 rings (SSSR count). The lowest BCUT2D eigenvalue weighted by atomic mass is 9.74. The average molecular weight is 1190 g/mol. The van der Waals surface area contributed by atoms with Crippen molar-refractivity contribution in [3.8, 4) is 0 Å². The van der Waals surface area contributed by atoms with Crippen LogP contribution >= 0.6 is 0 Å². The maximum Gasteiger partial charge on any atom is 0.303 e. The first-order valence-corrected chi connectivity index (χ1v) is 32.1. The maximum absolute atomic E-state index is 12.6. The van der Waals surface area contributed by atoms with Crippen molar-refractivity contribution in [3.63, 3.8) is 0 Å². The lowest BCUT2D eigenvalue weighted by Crippen LogP contribution is -2.32. The molecule has 2 aliphatic heterocycles. The van der Waals surface area contributed by atoms with Gasteiger partial charge in [0.1, 0.15) is 47.0 Å². The van der Waals surface area contributed by atoms with Crippen LogP contribution in [0.2, 0.25) is 0 Å². The van der Waals surface area contributed by atoms with Crippen LogP contribution in [0.4, 0.5) is 11.4 Å². The van der Waals surface area contributed by atoms with Crippen molar-refractivity contribution >= 4 is 105 Å². The van der Waals surface area contributed by atoms with E-state index in [9.17, 15) is 87.7 Å². The van der Waals surface area contributed by atoms with Crippen LogP contribution in [0.15, 0.2) is 116 Å². The van der Waals surface area contributed by atoms with E-state index in [1.807, 2.05) is 4.90 Å². The molecule has 0 aliphatic carbocycles. The SMILES string of the molecule is COCCC1(C)\C(=C/C=C/C=C/C=C/C2=[N+](CCCS(=O)(=O)O)c3ccc4c(S(=O)(=O)[O-])cc(S(=O)(=O)[O-])cc4c3C2(C)CCCS(=O)(=O)[O-])N(CCCCCC(=O)O)c2ccc3c(S(=O)(=O)[O-])cc(S(=O)(=O)[O-])cc3c21. The van der Waals surface area contributed by atoms with Crippen LogP contribution in [0.25, 0.3) is 21.5 Å². The number of rotatable bonds is 25. The first kappa shape index (κ1) is 60.9. The molecule has 2 N–H and O–H groups in total. The Morgan fingerprint density at radius 2 is 1.19 bits per heavy atom. The summed E-state index contributed by atoms with van der Waals surface area (Å²) in [5.41, 5.74) is -0.668. The summed E-state index contributed by atoms with van der Waals surface area (Å²) in [7, 11) is -29.4. The van der Waals surface area contributed by atoms with Gasteiger partial charge < -0.3 is 37.5 Å². The molecule has 420 valence electrons. The molecule has 0 amide bonds. The highest BCUT2D eigenvalue weighted by Gasteiger charge is 2.49. The van der Waals surface area contributed by atoms with Crippen molar-refractivity contribution in [2.24, 2.45) is 0 Å². The van der Waals surface area contributed by atoms with Crippen molar-refractivity contribution in [2.75, 3.05) is 43.2 Å². The van der Waals surface area contributed by atoms with E-state index in [0.29, 0.717) is 48.3 Å². The van der Waals surface area contributed by atoms with Gasteiger partial charge >= 0.3 is 5.97 Å². The largest absolute Gasteiger partial charge is 0.748 e. The van der Waals surface area contributed by atoms with Gasteiger partial charge in [-0.2, -0.15) is 13.0 Å². The molecule has 4 aromatic rings. The van der Waals surface area contributed by atoms with E-state index < -0.39 is 109 Å². The molecule has 77 heavy (non-hydrogen) atoms. The number of fused-ring (bicyclic) bond motifs is 6. The molecule has 2 unspecified atom stereocenters. The third kappa shape index (κ3) is 14.0. The van der Waals surface area contributed by atoms with E-state index in [1.54, 1.807) is 48.8 Å². The van der Waals surface area contributed by atoms with Gasteiger partial charge in [-0.15, -0.1) is 0 Å². The van der Waals surface area contributed by atoms with Crippen molar-refractivity contribution in [1.29, 1.82) is 0 Å². The number of anilines is 1. The number of ether oxygens (including phenoxy) is 1. The van der Waals surface area contributed by atoms with Gasteiger partial charge in [0.25, 0.3) is 10.1 Å². The summed E-state index contributed by atoms with van der Waals surface area (Å²) in [4.78, 5) is 9.15. The van der Waals surface area contributed by atoms with E-state index in [1.165, 1.54) is 43.5 Å². The summed E-state index contributed by atoms with van der Waals surface area (Å²) in [5, 5.41) is 8.58. The summed E-state index contributed by atoms with van der Waals surface area (Å²) < 4.78 is 226. The summed E-state index contributed by atoms with van der Waals surface area (Å²) in [6.45, 7) is 3.51. The van der Waals surface area contributed by atoms with E-state index in [2.05, 4.69) is 0 Å². The van der Waals surface area contributed by atoms with E-state index in [-0.39, 0.29) is 90.3 Å². The third-order valence-electron chi connectivity index (χ3n) is 13.5. The van der Waals surface area contributed by atoms with Gasteiger partial charge in [-0.05, 0) is 110 Å². The van der Waals surface area contributed by atoms with Gasteiger partial charge in [-0.3, -0.25) is 9.35 Å². The average Bonchev–Trinajstić information content (AvgIpc) is 3.67. The number of hydrogen-bond donors (Lipinski definition) is 2. The molecule has 2 heterocycles. The molecule has 0 saturated carbocycles. The highest BCUT2D eigenvalue weighted by Crippen LogP contribution is 2.54. The van der Waals surface area contributed by atoms with Crippen LogP contribution in [0.5, 0.6) is 0 Å². The predicted octanol–water partition coefficient (Wildman–Crippen LogP) is 4.58. The fraction of sp³-hybridized carbons (Fsp3) is 0.375. The minimum atomic E-state index is -5.46. The molecule has 0 spiro atoms. The standard InChI is InChI=1S/C48H56N2O21S6/c1-47(21-12-26-72(53,54)55)42(50(24-13-27-73(56,57)58)38-19-17-34-36(45(38)47)28-32(74(59,60)61)30-40(34)76(65,66)67)14-8-5-4-6-9-15-43-48(2,22-25-71-3)46-37-29-33(75(62,63)64)31-41(77(68,69)70)35(37)18-20-39(46)49(43)23-11-7-10-16-44(51)52/h4-6,8-9,14-15,17-20,28-31H,7,10-13,16,21-27H2,1-3H3,(H6-,51,52,53,54,55,56,57,58,59,60,61,62,63,64,65,66,67,68,69,70)/p-4. The highest BCUT2D eigenvalue weighted by atomic mass is 32.2. The van der Waals surface area contributed by atoms with Crippen LogP contribution in [0.3, 0.4) is 0 Å². The zero-order valence-corrected chi connectivity index (χ0v) is 46.2. The van der Waals surface area contributed by atoms with E-state index >= 15 is 0 Å². The monoisotopic (exact) mass is 1180 g/mol. The number of carboxylic acids is 1. The topological polar surface area (TPSA) is 393 Å². The Bertz CT molecular complexity index is 3910. The molecule has 2 aliphatic rings. The lowest BCUT2D eigenvalue weighted by molar-refractivity contribution is -0.437. The normalized spacial score (nSPS) is 19.3. The molecular formula is C48H52N2O21S6-4. The molecule has 0 aromatic heterocycles. The van der Waals surface area contributed by atoms with Gasteiger partial charge in [0.05, 0.1) is 40.9 Å². The fourth-order valence-corrected chi connectivity index (χ4v) is 13.8. The minimum absolute atomic E-state index is 0.000687. The van der Waals surface area contributed by atoms with Crippen LogP contribution in [-0.2, 0) is 81.1 Å². The van der Waals surface area contributed by atoms with Gasteiger partial charge in [0.2, 0.25) is 5.69 Å². The number of allylic oxidation sites excluding steroid dienone is 8. The molecule has 29 heteroatoms. The molecule has 0 saturated heterocycles. The number of benzene rings is 4. The zero-order chi connectivity index (χ0) is 57.3. The number of carbonyl (C=O) groups is 1. The van der Waals surface area contributed by atoms with Crippen LogP contribution in [0, 0.1) is 0 Å². The lowest BCUT2D eigenvalue weighted by Gasteiger charge is -2.31. The summed E-state index contributed by atoms with van der Waals surface area (Å²) in [6.07, 6.45) is 11.6. The maximum atomic E-state index is 12.6. The van der Waals surface area contributed by atoms with Crippen molar-refractivity contribution in [1.82, 2.24) is 0 Å². The predicted molar refractivity (Wildman–Crippen MR) is 275 cm³/mol. The third-order valence-corrected chi connectivity index (χ3v) is 18.5. The molecule has 4 aromatic carbocycles. The first-order valence-electron chi connectivity index (χ1n) is 23.3. The van der Waals surface area contributed by atoms with Crippen molar-refractivity contribution < 1.29 is 97.0 Å². The highest BCUT2D eigenvalue weighted by molar-refractivity contribution is 7.87. The zero-order valence-electron chi connectivity index (χ0n) is 41.3. The molecule has 2 atom stereocenters. The smallest absolute Gasteiger partial charge is 0.303 e. The summed E-state index contributed by atoms with van der Waals surface area (Å²) in [5.74, 6) is -2.62. The minimum Gasteiger partial charge on any atom is -0.748 e. The fourth-order valence-electron chi connectivity index (χ4n) is 10.2. The molecule has 0 fully saturated rings. The number of carboxylic acid groups (broad SMARTS) is 1. The van der Waals surface area contributed by atoms with Crippen molar-refractivity contribution in [3.05, 3.63) is 108 Å². The Hall–Kier alpha value is -5.28. The Labute approximate surface area is 446 Å². The van der Waals surface area contributed by atoms with Crippen LogP contribution < -0.4 is 4.90 Å². The van der Waals surface area contributed by atoms with Gasteiger partial charge in [-0.1, -0.05) is 42.9 Å². The van der Waals surface area contributed by atoms with E-state index in [0.717, 1.165) is 12.1 Å². The number of aliphatic carboxylic acids is 1. The number of methoxy groups -OCH3 is 1. The van der Waals surface area contributed by atoms with Crippen LogP contribution in [0.1, 0.15) is 76.3 Å². The quantitative estimate of drug-likeness (QED) is 0.0397. The molecular weight excluding hydrogens is 1130 g/mol. The number of nitrogens with zero attached hydrogens (tertiary/aromatic N) is 2. The van der Waals surface area contributed by atoms with Crippen LogP contribution in [-0.4, -0.2) is 137 Å². The second kappa shape index (κ2) is 22.8. The number of hydrogen-bond acceptors (Lipinski definition) is 20. The summed E-state index contributed by atoms with van der Waals surface area (Å²) >= 11 is 0. The molecule has 0 radical (unpaired) electrons. The second-order valence-corrected chi connectivity index (χ2v) is 27.3. The van der Waals surface area contributed by atoms with Gasteiger partial charge in [0.15, 0.2) is 5.71 Å². The van der Waals surface area contributed by atoms with Crippen molar-refractivity contribution in [2.45, 2.75) is 95.6 Å². The Kier molecular flexibility index (Phi) is 18.1.